The predicted molar refractivity (Wildman–Crippen MR) is 77.6 cm³/mol. The van der Waals surface area contributed by atoms with Gasteiger partial charge in [-0.3, -0.25) is 14.4 Å². The van der Waals surface area contributed by atoms with Crippen molar-refractivity contribution in [2.45, 2.75) is 52.6 Å². The van der Waals surface area contributed by atoms with Gasteiger partial charge in [0.15, 0.2) is 0 Å². The second kappa shape index (κ2) is 8.95. The standard InChI is InChI=1S/C14H24N4O3/c1-8(2)7-11(17-10(4)19)14(21)18-12(13(16)20)9(3)5-6-15/h8-9,11-12H,5,7H2,1-4H3,(H2,16,20)(H,17,19)(H,18,21)/t9-,11+,12+/m1/s1. The Kier molecular flexibility index (Phi) is 8.06. The van der Waals surface area contributed by atoms with Gasteiger partial charge in [-0.2, -0.15) is 5.26 Å². The van der Waals surface area contributed by atoms with Gasteiger partial charge in [0.05, 0.1) is 6.07 Å². The van der Waals surface area contributed by atoms with Crippen LogP contribution >= 0.6 is 0 Å². The molecule has 3 atom stereocenters. The van der Waals surface area contributed by atoms with E-state index in [1.807, 2.05) is 19.9 Å². The Balaban J connectivity index is 4.94. The van der Waals surface area contributed by atoms with Crippen LogP contribution < -0.4 is 16.4 Å². The Hall–Kier alpha value is -2.10. The number of primary amides is 1. The molecule has 21 heavy (non-hydrogen) atoms. The van der Waals surface area contributed by atoms with Crippen LogP contribution in [0.25, 0.3) is 0 Å². The molecule has 0 heterocycles. The molecule has 4 N–H and O–H groups in total. The van der Waals surface area contributed by atoms with Crippen molar-refractivity contribution < 1.29 is 14.4 Å². The third-order valence-electron chi connectivity index (χ3n) is 2.99. The van der Waals surface area contributed by atoms with E-state index in [9.17, 15) is 14.4 Å². The van der Waals surface area contributed by atoms with E-state index in [4.69, 9.17) is 11.0 Å². The van der Waals surface area contributed by atoms with Crippen LogP contribution in [0.2, 0.25) is 0 Å². The van der Waals surface area contributed by atoms with Gasteiger partial charge in [0.25, 0.3) is 0 Å². The van der Waals surface area contributed by atoms with Crippen molar-refractivity contribution in [3.8, 4) is 6.07 Å². The van der Waals surface area contributed by atoms with Gasteiger partial charge in [-0.15, -0.1) is 0 Å². The van der Waals surface area contributed by atoms with Crippen molar-refractivity contribution in [1.29, 1.82) is 5.26 Å². The molecular weight excluding hydrogens is 272 g/mol. The number of amides is 3. The molecule has 0 aliphatic carbocycles. The van der Waals surface area contributed by atoms with E-state index in [1.54, 1.807) is 6.92 Å². The second-order valence-electron chi connectivity index (χ2n) is 5.61. The van der Waals surface area contributed by atoms with Gasteiger partial charge in [-0.25, -0.2) is 0 Å². The molecule has 0 saturated heterocycles. The summed E-state index contributed by atoms with van der Waals surface area (Å²) in [5.41, 5.74) is 5.27. The Morgan fingerprint density at radius 3 is 2.14 bits per heavy atom. The molecule has 0 aromatic heterocycles. The van der Waals surface area contributed by atoms with Crippen molar-refractivity contribution in [2.75, 3.05) is 0 Å². The zero-order chi connectivity index (χ0) is 16.6. The van der Waals surface area contributed by atoms with Gasteiger partial charge >= 0.3 is 0 Å². The molecule has 0 bridgehead atoms. The third kappa shape index (κ3) is 7.30. The quantitative estimate of drug-likeness (QED) is 0.585. The highest BCUT2D eigenvalue weighted by Gasteiger charge is 2.28. The molecule has 0 saturated carbocycles. The number of hydrogen-bond acceptors (Lipinski definition) is 4. The predicted octanol–water partition coefficient (Wildman–Crippen LogP) is 0.0571. The van der Waals surface area contributed by atoms with Crippen LogP contribution in [0.5, 0.6) is 0 Å². The number of rotatable bonds is 8. The second-order valence-corrected chi connectivity index (χ2v) is 5.61. The van der Waals surface area contributed by atoms with Crippen LogP contribution in [0, 0.1) is 23.2 Å². The van der Waals surface area contributed by atoms with Crippen molar-refractivity contribution in [2.24, 2.45) is 17.6 Å². The molecule has 7 nitrogen and oxygen atoms in total. The number of nitriles is 1. The molecule has 7 heteroatoms. The third-order valence-corrected chi connectivity index (χ3v) is 2.99. The molecule has 3 amide bonds. The first-order chi connectivity index (χ1) is 9.68. The number of nitrogens with one attached hydrogen (secondary N) is 2. The van der Waals surface area contributed by atoms with Crippen LogP contribution in [0.1, 0.15) is 40.5 Å². The minimum atomic E-state index is -0.930. The number of hydrogen-bond donors (Lipinski definition) is 3. The first-order valence-corrected chi connectivity index (χ1v) is 6.92. The number of carbonyl (C=O) groups is 3. The van der Waals surface area contributed by atoms with Crippen LogP contribution in [-0.2, 0) is 14.4 Å². The summed E-state index contributed by atoms with van der Waals surface area (Å²) < 4.78 is 0. The van der Waals surface area contributed by atoms with E-state index in [0.29, 0.717) is 6.42 Å². The summed E-state index contributed by atoms with van der Waals surface area (Å²) in [6.45, 7) is 6.83. The molecule has 0 aliphatic rings. The van der Waals surface area contributed by atoms with E-state index in [2.05, 4.69) is 10.6 Å². The topological polar surface area (TPSA) is 125 Å². The highest BCUT2D eigenvalue weighted by atomic mass is 16.2. The molecule has 0 fully saturated rings. The molecule has 0 unspecified atom stereocenters. The van der Waals surface area contributed by atoms with Gasteiger partial charge in [0, 0.05) is 13.3 Å². The summed E-state index contributed by atoms with van der Waals surface area (Å²) in [5, 5.41) is 13.8. The smallest absolute Gasteiger partial charge is 0.243 e. The Morgan fingerprint density at radius 2 is 1.76 bits per heavy atom. The van der Waals surface area contributed by atoms with Crippen molar-refractivity contribution in [3.63, 3.8) is 0 Å². The summed E-state index contributed by atoms with van der Waals surface area (Å²) in [6.07, 6.45) is 0.548. The molecule has 0 aromatic rings. The highest BCUT2D eigenvalue weighted by molar-refractivity contribution is 5.91. The van der Waals surface area contributed by atoms with Crippen molar-refractivity contribution in [1.82, 2.24) is 10.6 Å². The molecule has 0 spiro atoms. The summed E-state index contributed by atoms with van der Waals surface area (Å²) in [7, 11) is 0. The van der Waals surface area contributed by atoms with Gasteiger partial charge in [0.2, 0.25) is 17.7 Å². The zero-order valence-corrected chi connectivity index (χ0v) is 13.0. The first kappa shape index (κ1) is 18.9. The fourth-order valence-corrected chi connectivity index (χ4v) is 1.96. The summed E-state index contributed by atoms with van der Waals surface area (Å²) >= 11 is 0. The Labute approximate surface area is 125 Å². The van der Waals surface area contributed by atoms with Crippen molar-refractivity contribution >= 4 is 17.7 Å². The Bertz CT molecular complexity index is 428. The minimum Gasteiger partial charge on any atom is -0.368 e. The van der Waals surface area contributed by atoms with Gasteiger partial charge < -0.3 is 16.4 Å². The average Bonchev–Trinajstić information content (AvgIpc) is 2.33. The summed E-state index contributed by atoms with van der Waals surface area (Å²) in [6, 6.07) is 0.287. The number of nitrogens with two attached hydrogens (primary N) is 1. The molecule has 0 aliphatic heterocycles. The first-order valence-electron chi connectivity index (χ1n) is 6.92. The maximum atomic E-state index is 12.2. The van der Waals surface area contributed by atoms with Gasteiger partial charge in [0.1, 0.15) is 12.1 Å². The fraction of sp³-hybridized carbons (Fsp3) is 0.714. The van der Waals surface area contributed by atoms with E-state index < -0.39 is 29.8 Å². The van der Waals surface area contributed by atoms with Gasteiger partial charge in [-0.05, 0) is 18.3 Å². The van der Waals surface area contributed by atoms with Crippen LogP contribution in [0.4, 0.5) is 0 Å². The molecule has 0 radical (unpaired) electrons. The lowest BCUT2D eigenvalue weighted by molar-refractivity contribution is -0.131. The SMILES string of the molecule is CC(=O)N[C@@H](CC(C)C)C(=O)N[C@H](C(N)=O)[C@H](C)CC#N. The minimum absolute atomic E-state index is 0.100. The van der Waals surface area contributed by atoms with E-state index in [1.165, 1.54) is 6.92 Å². The highest BCUT2D eigenvalue weighted by Crippen LogP contribution is 2.10. The van der Waals surface area contributed by atoms with E-state index >= 15 is 0 Å². The lowest BCUT2D eigenvalue weighted by atomic mass is 9.97. The monoisotopic (exact) mass is 296 g/mol. The normalized spacial score (nSPS) is 14.7. The largest absolute Gasteiger partial charge is 0.368 e. The fourth-order valence-electron chi connectivity index (χ4n) is 1.96. The summed E-state index contributed by atoms with van der Waals surface area (Å²) in [4.78, 5) is 34.8. The number of nitrogens with zero attached hydrogens (tertiary/aromatic N) is 1. The van der Waals surface area contributed by atoms with E-state index in [-0.39, 0.29) is 18.2 Å². The summed E-state index contributed by atoms with van der Waals surface area (Å²) in [5.74, 6) is -1.69. The van der Waals surface area contributed by atoms with Crippen LogP contribution in [0.3, 0.4) is 0 Å². The molecule has 0 rings (SSSR count). The van der Waals surface area contributed by atoms with Crippen molar-refractivity contribution in [3.05, 3.63) is 0 Å². The maximum Gasteiger partial charge on any atom is 0.243 e. The molecule has 0 aromatic carbocycles. The Morgan fingerprint density at radius 1 is 1.19 bits per heavy atom. The zero-order valence-electron chi connectivity index (χ0n) is 13.0. The molecule has 118 valence electrons. The van der Waals surface area contributed by atoms with Crippen LogP contribution in [-0.4, -0.2) is 29.8 Å². The lowest BCUT2D eigenvalue weighted by Crippen LogP contribution is -2.55. The van der Waals surface area contributed by atoms with Crippen LogP contribution in [0.15, 0.2) is 0 Å². The number of carbonyl (C=O) groups excluding carboxylic acids is 3. The average molecular weight is 296 g/mol. The lowest BCUT2D eigenvalue weighted by Gasteiger charge is -2.25. The van der Waals surface area contributed by atoms with Gasteiger partial charge in [-0.1, -0.05) is 20.8 Å². The van der Waals surface area contributed by atoms with E-state index in [0.717, 1.165) is 0 Å². The maximum absolute atomic E-state index is 12.2. The molecular formula is C14H24N4O3.